The van der Waals surface area contributed by atoms with Crippen molar-refractivity contribution in [3.63, 3.8) is 0 Å². The van der Waals surface area contributed by atoms with Crippen LogP contribution in [0.1, 0.15) is 34.6 Å². The van der Waals surface area contributed by atoms with Crippen molar-refractivity contribution >= 4 is 16.8 Å². The van der Waals surface area contributed by atoms with Gasteiger partial charge in [0.25, 0.3) is 5.91 Å². The Morgan fingerprint density at radius 3 is 2.80 bits per heavy atom. The standard InChI is InChI=1S/C26H26FN7O/c1-16-21-12-20(8-9-23(21)31-33(16)3)34-15-24(26(35)29-19-5-4-10-32(2)14-19)30-25(34)17-6-7-18(13-28)22(27)11-17/h6-9,11-12,15,19H,4-5,10,14H2,1-3H3,(H,29,35). The summed E-state index contributed by atoms with van der Waals surface area (Å²) in [7, 11) is 3.93. The number of hydrogen-bond acceptors (Lipinski definition) is 5. The third kappa shape index (κ3) is 4.29. The molecular weight excluding hydrogens is 445 g/mol. The average molecular weight is 472 g/mol. The second kappa shape index (κ2) is 8.96. The van der Waals surface area contributed by atoms with Crippen LogP contribution in [0.4, 0.5) is 4.39 Å². The first-order valence-corrected chi connectivity index (χ1v) is 11.6. The van der Waals surface area contributed by atoms with Crippen molar-refractivity contribution in [3.8, 4) is 23.1 Å². The Hall–Kier alpha value is -4.03. The third-order valence-corrected chi connectivity index (χ3v) is 6.64. The summed E-state index contributed by atoms with van der Waals surface area (Å²) in [6, 6.07) is 12.0. The summed E-state index contributed by atoms with van der Waals surface area (Å²) in [4.78, 5) is 20.0. The molecule has 3 heterocycles. The molecule has 2 aromatic carbocycles. The number of halogens is 1. The minimum Gasteiger partial charge on any atom is -0.347 e. The normalized spacial score (nSPS) is 16.4. The highest BCUT2D eigenvalue weighted by Crippen LogP contribution is 2.28. The second-order valence-electron chi connectivity index (χ2n) is 9.11. The lowest BCUT2D eigenvalue weighted by molar-refractivity contribution is 0.0908. The molecule has 1 fully saturated rings. The molecule has 1 unspecified atom stereocenters. The number of aromatic nitrogens is 4. The average Bonchev–Trinajstić information content (AvgIpc) is 3.40. The Morgan fingerprint density at radius 2 is 2.06 bits per heavy atom. The molecule has 2 aromatic heterocycles. The number of rotatable bonds is 4. The zero-order valence-corrected chi connectivity index (χ0v) is 19.9. The number of imidazole rings is 1. The highest BCUT2D eigenvalue weighted by Gasteiger charge is 2.23. The molecule has 1 N–H and O–H groups in total. The SMILES string of the molecule is Cc1c2cc(-n3cc(C(=O)NC4CCCN(C)C4)nc3-c3ccc(C#N)c(F)c3)ccc2nn1C. The fourth-order valence-corrected chi connectivity index (χ4v) is 4.64. The molecule has 1 saturated heterocycles. The molecular formula is C26H26FN7O. The lowest BCUT2D eigenvalue weighted by Crippen LogP contribution is -2.46. The van der Waals surface area contributed by atoms with Crippen LogP contribution in [0.2, 0.25) is 0 Å². The number of likely N-dealkylation sites (tertiary alicyclic amines) is 1. The highest BCUT2D eigenvalue weighted by atomic mass is 19.1. The molecule has 0 bridgehead atoms. The van der Waals surface area contributed by atoms with Crippen molar-refractivity contribution in [2.45, 2.75) is 25.8 Å². The minimum atomic E-state index is -0.630. The van der Waals surface area contributed by atoms with Gasteiger partial charge in [0.05, 0.1) is 11.1 Å². The van der Waals surface area contributed by atoms with Crippen LogP contribution in [-0.2, 0) is 7.05 Å². The molecule has 0 saturated carbocycles. The van der Waals surface area contributed by atoms with E-state index >= 15 is 0 Å². The van der Waals surface area contributed by atoms with E-state index in [9.17, 15) is 9.18 Å². The number of fused-ring (bicyclic) bond motifs is 1. The smallest absolute Gasteiger partial charge is 0.271 e. The number of aryl methyl sites for hydroxylation is 2. The summed E-state index contributed by atoms with van der Waals surface area (Å²) in [5.74, 6) is -0.479. The largest absolute Gasteiger partial charge is 0.347 e. The number of piperidine rings is 1. The summed E-state index contributed by atoms with van der Waals surface area (Å²) in [6.07, 6.45) is 3.62. The summed E-state index contributed by atoms with van der Waals surface area (Å²) in [5, 5.41) is 17.7. The van der Waals surface area contributed by atoms with E-state index < -0.39 is 5.82 Å². The number of nitriles is 1. The van der Waals surface area contributed by atoms with Crippen molar-refractivity contribution in [1.82, 2.24) is 29.5 Å². The highest BCUT2D eigenvalue weighted by molar-refractivity contribution is 5.93. The molecule has 0 aliphatic carbocycles. The zero-order chi connectivity index (χ0) is 24.7. The van der Waals surface area contributed by atoms with Gasteiger partial charge in [0.1, 0.15) is 23.4 Å². The van der Waals surface area contributed by atoms with Crippen molar-refractivity contribution in [2.24, 2.45) is 7.05 Å². The lowest BCUT2D eigenvalue weighted by atomic mass is 10.1. The number of nitrogens with zero attached hydrogens (tertiary/aromatic N) is 6. The molecule has 5 rings (SSSR count). The number of amides is 1. The van der Waals surface area contributed by atoms with E-state index in [1.807, 2.05) is 50.0 Å². The number of carbonyl (C=O) groups is 1. The lowest BCUT2D eigenvalue weighted by Gasteiger charge is -2.29. The van der Waals surface area contributed by atoms with E-state index in [0.29, 0.717) is 11.4 Å². The molecule has 1 atom stereocenters. The summed E-state index contributed by atoms with van der Waals surface area (Å²) in [5.41, 5.74) is 3.32. The molecule has 178 valence electrons. The number of carbonyl (C=O) groups excluding carboxylic acids is 1. The maximum Gasteiger partial charge on any atom is 0.271 e. The van der Waals surface area contributed by atoms with Crippen molar-refractivity contribution in [2.75, 3.05) is 20.1 Å². The van der Waals surface area contributed by atoms with Crippen LogP contribution in [0.3, 0.4) is 0 Å². The van der Waals surface area contributed by atoms with E-state index in [0.717, 1.165) is 48.2 Å². The summed E-state index contributed by atoms with van der Waals surface area (Å²) < 4.78 is 18.1. The van der Waals surface area contributed by atoms with Gasteiger partial charge < -0.3 is 10.2 Å². The Balaban J connectivity index is 1.58. The van der Waals surface area contributed by atoms with E-state index in [4.69, 9.17) is 5.26 Å². The van der Waals surface area contributed by atoms with Crippen molar-refractivity contribution in [1.29, 1.82) is 5.26 Å². The van der Waals surface area contributed by atoms with E-state index in [-0.39, 0.29) is 23.2 Å². The fourth-order valence-electron chi connectivity index (χ4n) is 4.64. The number of benzene rings is 2. The Labute approximate surface area is 202 Å². The first-order chi connectivity index (χ1) is 16.8. The molecule has 4 aromatic rings. The monoisotopic (exact) mass is 471 g/mol. The van der Waals surface area contributed by atoms with Crippen LogP contribution >= 0.6 is 0 Å². The number of hydrogen-bond donors (Lipinski definition) is 1. The molecule has 1 amide bonds. The molecule has 35 heavy (non-hydrogen) atoms. The van der Waals surface area contributed by atoms with Crippen LogP contribution in [0, 0.1) is 24.1 Å². The van der Waals surface area contributed by atoms with E-state index in [1.165, 1.54) is 12.1 Å². The second-order valence-corrected chi connectivity index (χ2v) is 9.11. The van der Waals surface area contributed by atoms with Gasteiger partial charge in [-0.2, -0.15) is 10.4 Å². The van der Waals surface area contributed by atoms with Gasteiger partial charge in [0, 0.05) is 48.2 Å². The molecule has 1 aliphatic heterocycles. The van der Waals surface area contributed by atoms with Gasteiger partial charge in [-0.3, -0.25) is 14.0 Å². The van der Waals surface area contributed by atoms with Crippen LogP contribution in [0.25, 0.3) is 28.0 Å². The Bertz CT molecular complexity index is 1480. The maximum absolute atomic E-state index is 14.5. The molecule has 0 spiro atoms. The van der Waals surface area contributed by atoms with E-state index in [1.54, 1.807) is 16.8 Å². The quantitative estimate of drug-likeness (QED) is 0.491. The van der Waals surface area contributed by atoms with Crippen LogP contribution < -0.4 is 5.32 Å². The first kappa shape index (κ1) is 22.7. The molecule has 0 radical (unpaired) electrons. The van der Waals surface area contributed by atoms with Crippen molar-refractivity contribution in [3.05, 3.63) is 65.4 Å². The molecule has 9 heteroatoms. The van der Waals surface area contributed by atoms with Crippen LogP contribution in [0.15, 0.2) is 42.6 Å². The Kier molecular flexibility index (Phi) is 5.83. The minimum absolute atomic E-state index is 0.0429. The topological polar surface area (TPSA) is 91.8 Å². The predicted molar refractivity (Wildman–Crippen MR) is 131 cm³/mol. The summed E-state index contributed by atoms with van der Waals surface area (Å²) in [6.45, 7) is 3.80. The van der Waals surface area contributed by atoms with Gasteiger partial charge in [-0.25, -0.2) is 9.37 Å². The maximum atomic E-state index is 14.5. The Morgan fingerprint density at radius 1 is 1.23 bits per heavy atom. The van der Waals surface area contributed by atoms with Gasteiger partial charge in [0.2, 0.25) is 0 Å². The van der Waals surface area contributed by atoms with E-state index in [2.05, 4.69) is 20.3 Å². The summed E-state index contributed by atoms with van der Waals surface area (Å²) >= 11 is 0. The third-order valence-electron chi connectivity index (χ3n) is 6.64. The number of nitrogens with one attached hydrogen (secondary N) is 1. The number of likely N-dealkylation sites (N-methyl/N-ethyl adjacent to an activating group) is 1. The van der Waals surface area contributed by atoms with Crippen LogP contribution in [-0.4, -0.2) is 56.3 Å². The molecule has 1 aliphatic rings. The first-order valence-electron chi connectivity index (χ1n) is 11.6. The van der Waals surface area contributed by atoms with Gasteiger partial charge in [-0.05, 0) is 69.8 Å². The zero-order valence-electron chi connectivity index (χ0n) is 19.9. The van der Waals surface area contributed by atoms with Crippen molar-refractivity contribution < 1.29 is 9.18 Å². The fraction of sp³-hybridized carbons (Fsp3) is 0.308. The van der Waals surface area contributed by atoms with Gasteiger partial charge >= 0.3 is 0 Å². The van der Waals surface area contributed by atoms with Gasteiger partial charge in [-0.15, -0.1) is 0 Å². The predicted octanol–water partition coefficient (Wildman–Crippen LogP) is 3.57. The van der Waals surface area contributed by atoms with Gasteiger partial charge in [-0.1, -0.05) is 0 Å². The molecule has 8 nitrogen and oxygen atoms in total. The van der Waals surface area contributed by atoms with Crippen LogP contribution in [0.5, 0.6) is 0 Å². The van der Waals surface area contributed by atoms with Gasteiger partial charge in [0.15, 0.2) is 0 Å².